The predicted octanol–water partition coefficient (Wildman–Crippen LogP) is 1.33. The molecule has 0 unspecified atom stereocenters. The van der Waals surface area contributed by atoms with E-state index in [0.29, 0.717) is 74.7 Å². The topological polar surface area (TPSA) is 186 Å². The Bertz CT molecular complexity index is 1770. The van der Waals surface area contributed by atoms with Crippen molar-refractivity contribution in [3.8, 4) is 17.1 Å². The van der Waals surface area contributed by atoms with Gasteiger partial charge in [-0.3, -0.25) is 24.0 Å². The highest BCUT2D eigenvalue weighted by Gasteiger charge is 2.40. The first-order valence-corrected chi connectivity index (χ1v) is 17.5. The van der Waals surface area contributed by atoms with Gasteiger partial charge in [0, 0.05) is 37.4 Å². The molecule has 6 rings (SSSR count). The van der Waals surface area contributed by atoms with Gasteiger partial charge in [0.1, 0.15) is 35.4 Å². The molecular weight excluding hydrogens is 654 g/mol. The smallest absolute Gasteiger partial charge is 0.274 e. The normalized spacial score (nSPS) is 23.2. The zero-order valence-corrected chi connectivity index (χ0v) is 28.9. The van der Waals surface area contributed by atoms with Gasteiger partial charge in [-0.15, -0.1) is 0 Å². The molecule has 3 atom stereocenters. The Kier molecular flexibility index (Phi) is 10.7. The van der Waals surface area contributed by atoms with Crippen LogP contribution in [-0.4, -0.2) is 112 Å². The Morgan fingerprint density at radius 2 is 1.76 bits per heavy atom. The quantitative estimate of drug-likeness (QED) is 0.271. The molecule has 5 N–H and O–H groups in total. The zero-order chi connectivity index (χ0) is 36.1. The van der Waals surface area contributed by atoms with Crippen molar-refractivity contribution in [2.24, 2.45) is 5.41 Å². The van der Waals surface area contributed by atoms with Gasteiger partial charge >= 0.3 is 0 Å². The third-order valence-electron chi connectivity index (χ3n) is 10.1. The van der Waals surface area contributed by atoms with Crippen LogP contribution < -0.4 is 20.7 Å². The van der Waals surface area contributed by atoms with Crippen molar-refractivity contribution in [2.45, 2.75) is 64.1 Å². The third kappa shape index (κ3) is 8.06. The zero-order valence-electron chi connectivity index (χ0n) is 28.9. The number of aromatic amines is 1. The Morgan fingerprint density at radius 1 is 1.00 bits per heavy atom. The number of carbonyl (C=O) groups is 5. The van der Waals surface area contributed by atoms with E-state index in [1.165, 1.54) is 4.90 Å². The largest absolute Gasteiger partial charge is 0.484 e. The second-order valence-corrected chi connectivity index (χ2v) is 13.8. The molecule has 2 fully saturated rings. The number of hydrogen-bond donors (Lipinski definition) is 5. The Hall–Kier alpha value is -5.24. The van der Waals surface area contributed by atoms with Gasteiger partial charge in [0.05, 0.1) is 6.61 Å². The lowest BCUT2D eigenvalue weighted by atomic mass is 9.73. The summed E-state index contributed by atoms with van der Waals surface area (Å²) in [4.78, 5) is 77.6. The SMILES string of the molecule is Cc1[nH]c(-c2ccccc2)nc1C(=O)N1CCC2(CC1)CNC(=O)[C@H](CO)NC(=O)[C@@H]1CCCN1C(=O)[C@H](C)NC(=O)COc1cccc(c1)C2. The summed E-state index contributed by atoms with van der Waals surface area (Å²) in [6.07, 6.45) is 2.59. The summed E-state index contributed by atoms with van der Waals surface area (Å²) in [6.45, 7) is 3.83. The highest BCUT2D eigenvalue weighted by molar-refractivity contribution is 5.95. The van der Waals surface area contributed by atoms with Crippen LogP contribution in [0.2, 0.25) is 0 Å². The van der Waals surface area contributed by atoms with Gasteiger partial charge in [-0.2, -0.15) is 0 Å². The van der Waals surface area contributed by atoms with Crippen LogP contribution in [0.25, 0.3) is 11.4 Å². The summed E-state index contributed by atoms with van der Waals surface area (Å²) < 4.78 is 5.81. The van der Waals surface area contributed by atoms with E-state index < -0.39 is 53.8 Å². The van der Waals surface area contributed by atoms with Crippen molar-refractivity contribution in [1.29, 1.82) is 0 Å². The summed E-state index contributed by atoms with van der Waals surface area (Å²) in [6, 6.07) is 14.0. The number of aryl methyl sites for hydroxylation is 1. The van der Waals surface area contributed by atoms with Crippen LogP contribution >= 0.6 is 0 Å². The first-order chi connectivity index (χ1) is 24.6. The fourth-order valence-electron chi connectivity index (χ4n) is 7.23. The van der Waals surface area contributed by atoms with E-state index in [1.807, 2.05) is 55.5 Å². The number of nitrogens with zero attached hydrogens (tertiary/aromatic N) is 3. The van der Waals surface area contributed by atoms with Crippen LogP contribution in [0.5, 0.6) is 5.75 Å². The molecule has 2 saturated heterocycles. The van der Waals surface area contributed by atoms with Crippen molar-refractivity contribution in [2.75, 3.05) is 39.4 Å². The van der Waals surface area contributed by atoms with Gasteiger partial charge < -0.3 is 40.6 Å². The van der Waals surface area contributed by atoms with E-state index in [0.717, 1.165) is 11.1 Å². The number of hydrogen-bond acceptors (Lipinski definition) is 8. The molecule has 3 aliphatic heterocycles. The van der Waals surface area contributed by atoms with Crippen LogP contribution in [0, 0.1) is 12.3 Å². The lowest BCUT2D eigenvalue weighted by Crippen LogP contribution is -2.57. The van der Waals surface area contributed by atoms with E-state index >= 15 is 0 Å². The number of imidazole rings is 1. The number of carbonyl (C=O) groups excluding carboxylic acids is 5. The molecule has 3 aliphatic rings. The third-order valence-corrected chi connectivity index (χ3v) is 10.1. The van der Waals surface area contributed by atoms with E-state index in [9.17, 15) is 29.1 Å². The van der Waals surface area contributed by atoms with Gasteiger partial charge in [-0.1, -0.05) is 42.5 Å². The van der Waals surface area contributed by atoms with Gasteiger partial charge in [-0.25, -0.2) is 4.98 Å². The molecule has 0 radical (unpaired) electrons. The molecule has 1 aromatic heterocycles. The molecule has 0 aliphatic carbocycles. The number of rotatable bonds is 3. The first kappa shape index (κ1) is 35.6. The Balaban J connectivity index is 1.22. The minimum atomic E-state index is -1.23. The van der Waals surface area contributed by atoms with E-state index in [-0.39, 0.29) is 19.1 Å². The highest BCUT2D eigenvalue weighted by Crippen LogP contribution is 2.36. The average molecular weight is 700 g/mol. The summed E-state index contributed by atoms with van der Waals surface area (Å²) in [5.41, 5.74) is 2.35. The highest BCUT2D eigenvalue weighted by atomic mass is 16.5. The van der Waals surface area contributed by atoms with Gasteiger partial charge in [0.15, 0.2) is 6.61 Å². The molecule has 14 nitrogen and oxygen atoms in total. The second kappa shape index (κ2) is 15.3. The number of piperidine rings is 1. The molecular formula is C37H45N7O7. The standard InChI is InChI=1S/C37H45N7O7/c1-23-31(42-32(40-23)26-9-4-3-5-10-26)36(50)43-16-13-37(14-17-43)19-25-8-6-11-27(18-25)51-21-30(46)39-24(2)35(49)44-15-7-12-29(44)34(48)41-28(20-45)33(47)38-22-37/h3-6,8-11,18,24,28-29,45H,7,12-17,19-22H2,1-2H3,(H,38,47)(H,39,46)(H,40,42)(H,41,48)/t24-,28-,29-/m0/s1. The first-order valence-electron chi connectivity index (χ1n) is 17.5. The Labute approximate surface area is 296 Å². The fraction of sp³-hybridized carbons (Fsp3) is 0.459. The van der Waals surface area contributed by atoms with E-state index in [2.05, 4.69) is 25.9 Å². The van der Waals surface area contributed by atoms with Crippen molar-refractivity contribution in [1.82, 2.24) is 35.7 Å². The maximum absolute atomic E-state index is 13.7. The summed E-state index contributed by atoms with van der Waals surface area (Å²) >= 11 is 0. The van der Waals surface area contributed by atoms with Crippen LogP contribution in [0.15, 0.2) is 54.6 Å². The van der Waals surface area contributed by atoms with Crippen molar-refractivity contribution >= 4 is 29.5 Å². The van der Waals surface area contributed by atoms with Crippen molar-refractivity contribution in [3.05, 3.63) is 71.5 Å². The summed E-state index contributed by atoms with van der Waals surface area (Å²) in [5, 5.41) is 18.4. The number of aliphatic hydroxyl groups is 1. The summed E-state index contributed by atoms with van der Waals surface area (Å²) in [5.74, 6) is -1.06. The van der Waals surface area contributed by atoms with Crippen molar-refractivity contribution in [3.63, 3.8) is 0 Å². The van der Waals surface area contributed by atoms with Crippen LogP contribution in [-0.2, 0) is 25.6 Å². The second-order valence-electron chi connectivity index (χ2n) is 13.8. The number of benzene rings is 2. The maximum atomic E-state index is 13.7. The molecule has 51 heavy (non-hydrogen) atoms. The number of nitrogens with one attached hydrogen (secondary N) is 4. The molecule has 14 heteroatoms. The van der Waals surface area contributed by atoms with Crippen LogP contribution in [0.4, 0.5) is 0 Å². The van der Waals surface area contributed by atoms with E-state index in [1.54, 1.807) is 17.9 Å². The molecule has 0 saturated carbocycles. The molecule has 4 heterocycles. The van der Waals surface area contributed by atoms with Crippen molar-refractivity contribution < 1.29 is 33.8 Å². The van der Waals surface area contributed by atoms with Gasteiger partial charge in [-0.05, 0) is 69.1 Å². The molecule has 1 spiro atoms. The predicted molar refractivity (Wildman–Crippen MR) is 186 cm³/mol. The maximum Gasteiger partial charge on any atom is 0.274 e. The average Bonchev–Trinajstić information content (AvgIpc) is 3.79. The summed E-state index contributed by atoms with van der Waals surface area (Å²) in [7, 11) is 0. The molecule has 270 valence electrons. The van der Waals surface area contributed by atoms with Crippen LogP contribution in [0.1, 0.15) is 54.4 Å². The monoisotopic (exact) mass is 699 g/mol. The lowest BCUT2D eigenvalue weighted by Gasteiger charge is -2.42. The van der Waals surface area contributed by atoms with Gasteiger partial charge in [0.2, 0.25) is 17.7 Å². The minimum Gasteiger partial charge on any atom is -0.484 e. The van der Waals surface area contributed by atoms with E-state index in [4.69, 9.17) is 4.74 Å². The molecule has 2 aromatic carbocycles. The fourth-order valence-corrected chi connectivity index (χ4v) is 7.23. The number of amides is 5. The minimum absolute atomic E-state index is 0.175. The molecule has 5 amide bonds. The van der Waals surface area contributed by atoms with Gasteiger partial charge in [0.25, 0.3) is 11.8 Å². The number of H-pyrrole nitrogens is 1. The Morgan fingerprint density at radius 3 is 2.51 bits per heavy atom. The number of fused-ring (bicyclic) bond motifs is 3. The van der Waals surface area contributed by atoms with Crippen LogP contribution in [0.3, 0.4) is 0 Å². The number of ether oxygens (including phenoxy) is 1. The lowest BCUT2D eigenvalue weighted by molar-refractivity contribution is -0.142. The number of likely N-dealkylation sites (tertiary alicyclic amines) is 1. The number of aromatic nitrogens is 2. The molecule has 2 bridgehead atoms. The molecule has 3 aromatic rings. The number of aliphatic hydroxyl groups excluding tert-OH is 1.